The Balaban J connectivity index is 1.54. The van der Waals surface area contributed by atoms with Crippen LogP contribution >= 0.6 is 0 Å². The van der Waals surface area contributed by atoms with Gasteiger partial charge in [0.25, 0.3) is 0 Å². The molecule has 3 atom stereocenters. The van der Waals surface area contributed by atoms with Gasteiger partial charge >= 0.3 is 0 Å². The highest BCUT2D eigenvalue weighted by Gasteiger charge is 2.40. The van der Waals surface area contributed by atoms with Crippen LogP contribution in [0.4, 0.5) is 0 Å². The lowest BCUT2D eigenvalue weighted by Crippen LogP contribution is -2.54. The van der Waals surface area contributed by atoms with Gasteiger partial charge < -0.3 is 15.8 Å². The van der Waals surface area contributed by atoms with Crippen molar-refractivity contribution >= 4 is 5.91 Å². The molecule has 0 aromatic carbocycles. The Morgan fingerprint density at radius 2 is 1.89 bits per heavy atom. The third-order valence-electron chi connectivity index (χ3n) is 5.14. The summed E-state index contributed by atoms with van der Waals surface area (Å²) in [7, 11) is 0. The molecule has 4 heteroatoms. The van der Waals surface area contributed by atoms with E-state index in [2.05, 4.69) is 5.32 Å². The van der Waals surface area contributed by atoms with Gasteiger partial charge in [0.05, 0.1) is 12.5 Å². The average Bonchev–Trinajstić information content (AvgIpc) is 2.83. The van der Waals surface area contributed by atoms with Crippen molar-refractivity contribution in [1.82, 2.24) is 5.32 Å². The number of amides is 1. The number of fused-ring (bicyclic) bond motifs is 2. The van der Waals surface area contributed by atoms with Crippen molar-refractivity contribution in [1.29, 1.82) is 0 Å². The van der Waals surface area contributed by atoms with Crippen LogP contribution in [-0.2, 0) is 9.53 Å². The van der Waals surface area contributed by atoms with Crippen molar-refractivity contribution in [3.8, 4) is 0 Å². The van der Waals surface area contributed by atoms with E-state index in [9.17, 15) is 4.79 Å². The molecular weight excluding hydrogens is 240 g/mol. The highest BCUT2D eigenvalue weighted by Crippen LogP contribution is 2.39. The number of nitrogens with one attached hydrogen (secondary N) is 1. The summed E-state index contributed by atoms with van der Waals surface area (Å²) in [5.74, 6) is 1.40. The third kappa shape index (κ3) is 3.11. The molecule has 19 heavy (non-hydrogen) atoms. The van der Waals surface area contributed by atoms with Crippen molar-refractivity contribution in [2.24, 2.45) is 17.6 Å². The Morgan fingerprint density at radius 1 is 1.16 bits per heavy atom. The second-order valence-electron chi connectivity index (χ2n) is 6.61. The summed E-state index contributed by atoms with van der Waals surface area (Å²) in [4.78, 5) is 12.2. The maximum absolute atomic E-state index is 12.2. The normalized spacial score (nSPS) is 42.1. The number of hydrogen-bond acceptors (Lipinski definition) is 3. The smallest absolute Gasteiger partial charge is 0.222 e. The van der Waals surface area contributed by atoms with E-state index < -0.39 is 0 Å². The summed E-state index contributed by atoms with van der Waals surface area (Å²) in [6.45, 7) is 0.821. The molecule has 4 nitrogen and oxygen atoms in total. The third-order valence-corrected chi connectivity index (χ3v) is 5.14. The molecule has 0 aromatic rings. The summed E-state index contributed by atoms with van der Waals surface area (Å²) >= 11 is 0. The first-order valence-corrected chi connectivity index (χ1v) is 7.89. The van der Waals surface area contributed by atoms with Crippen molar-refractivity contribution < 1.29 is 9.53 Å². The zero-order valence-electron chi connectivity index (χ0n) is 11.6. The molecule has 1 heterocycles. The van der Waals surface area contributed by atoms with Gasteiger partial charge in [-0.3, -0.25) is 4.79 Å². The van der Waals surface area contributed by atoms with Gasteiger partial charge in [-0.15, -0.1) is 0 Å². The van der Waals surface area contributed by atoms with E-state index in [-0.39, 0.29) is 12.0 Å². The van der Waals surface area contributed by atoms with Crippen LogP contribution in [0.2, 0.25) is 0 Å². The second-order valence-corrected chi connectivity index (χ2v) is 6.61. The molecule has 108 valence electrons. The minimum atomic E-state index is 0.158. The first kappa shape index (κ1) is 13.4. The van der Waals surface area contributed by atoms with Gasteiger partial charge in [-0.2, -0.15) is 0 Å². The monoisotopic (exact) mass is 266 g/mol. The lowest BCUT2D eigenvalue weighted by molar-refractivity contribution is -0.125. The van der Waals surface area contributed by atoms with Crippen LogP contribution < -0.4 is 11.1 Å². The van der Waals surface area contributed by atoms with Crippen LogP contribution in [-0.4, -0.2) is 30.7 Å². The van der Waals surface area contributed by atoms with Crippen LogP contribution in [0.3, 0.4) is 0 Å². The zero-order valence-corrected chi connectivity index (χ0v) is 11.6. The number of hydrogen-bond donors (Lipinski definition) is 2. The fourth-order valence-corrected chi connectivity index (χ4v) is 4.28. The van der Waals surface area contributed by atoms with E-state index in [1.54, 1.807) is 0 Å². The Hall–Kier alpha value is -0.610. The Labute approximate surface area is 115 Å². The van der Waals surface area contributed by atoms with Gasteiger partial charge in [-0.1, -0.05) is 6.42 Å². The molecule has 2 saturated carbocycles. The van der Waals surface area contributed by atoms with E-state index in [0.717, 1.165) is 32.3 Å². The molecule has 3 unspecified atom stereocenters. The van der Waals surface area contributed by atoms with Gasteiger partial charge in [0.2, 0.25) is 5.91 Å². The lowest BCUT2D eigenvalue weighted by Gasteiger charge is -2.45. The molecule has 3 aliphatic rings. The predicted octanol–water partition coefficient (Wildman–Crippen LogP) is 1.58. The van der Waals surface area contributed by atoms with Crippen LogP contribution in [0, 0.1) is 11.8 Å². The zero-order chi connectivity index (χ0) is 13.2. The van der Waals surface area contributed by atoms with Gasteiger partial charge in [-0.25, -0.2) is 0 Å². The molecule has 2 aliphatic carbocycles. The number of carbonyl (C=O) groups is 1. The maximum Gasteiger partial charge on any atom is 0.222 e. The van der Waals surface area contributed by atoms with Crippen molar-refractivity contribution in [2.45, 2.75) is 69.6 Å². The van der Waals surface area contributed by atoms with Gasteiger partial charge in [0, 0.05) is 18.7 Å². The fraction of sp³-hybridized carbons (Fsp3) is 0.933. The highest BCUT2D eigenvalue weighted by molar-refractivity contribution is 5.76. The van der Waals surface area contributed by atoms with Crippen LogP contribution in [0.1, 0.15) is 51.4 Å². The number of ether oxygens (including phenoxy) is 1. The SMILES string of the molecule is NC1CC2CCCC(C1)C2NC(=O)CC1CCCO1. The lowest BCUT2D eigenvalue weighted by atomic mass is 9.67. The molecule has 0 aromatic heterocycles. The average molecular weight is 266 g/mol. The van der Waals surface area contributed by atoms with Crippen molar-refractivity contribution in [3.05, 3.63) is 0 Å². The first-order chi connectivity index (χ1) is 9.22. The van der Waals surface area contributed by atoms with Crippen LogP contribution in [0.5, 0.6) is 0 Å². The summed E-state index contributed by atoms with van der Waals surface area (Å²) in [5.41, 5.74) is 6.12. The topological polar surface area (TPSA) is 64.3 Å². The number of rotatable bonds is 3. The van der Waals surface area contributed by atoms with Gasteiger partial charge in [0.15, 0.2) is 0 Å². The summed E-state index contributed by atoms with van der Waals surface area (Å²) < 4.78 is 5.54. The molecule has 3 N–H and O–H groups in total. The maximum atomic E-state index is 12.2. The minimum Gasteiger partial charge on any atom is -0.378 e. The highest BCUT2D eigenvalue weighted by atomic mass is 16.5. The largest absolute Gasteiger partial charge is 0.378 e. The molecule has 1 amide bonds. The summed E-state index contributed by atoms with van der Waals surface area (Å²) in [6, 6.07) is 0.726. The number of carbonyl (C=O) groups excluding carboxylic acids is 1. The Kier molecular flexibility index (Phi) is 4.08. The second kappa shape index (κ2) is 5.80. The predicted molar refractivity (Wildman–Crippen MR) is 73.6 cm³/mol. The molecule has 0 spiro atoms. The molecule has 2 bridgehead atoms. The number of nitrogens with two attached hydrogens (primary N) is 1. The van der Waals surface area contributed by atoms with Crippen LogP contribution in [0.15, 0.2) is 0 Å². The quantitative estimate of drug-likeness (QED) is 0.815. The van der Waals surface area contributed by atoms with Crippen molar-refractivity contribution in [3.63, 3.8) is 0 Å². The van der Waals surface area contributed by atoms with E-state index in [1.807, 2.05) is 0 Å². The Bertz CT molecular complexity index is 314. The summed E-state index contributed by atoms with van der Waals surface area (Å²) in [6.07, 6.45) is 8.78. The van der Waals surface area contributed by atoms with Crippen molar-refractivity contribution in [2.75, 3.05) is 6.61 Å². The molecule has 0 radical (unpaired) electrons. The summed E-state index contributed by atoms with van der Waals surface area (Å²) in [5, 5.41) is 3.29. The Morgan fingerprint density at radius 3 is 2.53 bits per heavy atom. The molecule has 3 rings (SSSR count). The minimum absolute atomic E-state index is 0.158. The van der Waals surface area contributed by atoms with Crippen LogP contribution in [0.25, 0.3) is 0 Å². The molecule has 3 fully saturated rings. The molecule has 1 saturated heterocycles. The fourth-order valence-electron chi connectivity index (χ4n) is 4.28. The van der Waals surface area contributed by atoms with E-state index >= 15 is 0 Å². The van der Waals surface area contributed by atoms with Gasteiger partial charge in [0.1, 0.15) is 0 Å². The molecular formula is C15H26N2O2. The van der Waals surface area contributed by atoms with E-state index in [1.165, 1.54) is 19.3 Å². The standard InChI is InChI=1S/C15H26N2O2/c16-12-7-10-3-1-4-11(8-12)15(10)17-14(18)9-13-5-2-6-19-13/h10-13,15H,1-9,16H2,(H,17,18). The first-order valence-electron chi connectivity index (χ1n) is 7.89. The van der Waals surface area contributed by atoms with Gasteiger partial charge in [-0.05, 0) is 50.4 Å². The van der Waals surface area contributed by atoms with E-state index in [0.29, 0.717) is 30.3 Å². The van der Waals surface area contributed by atoms with E-state index in [4.69, 9.17) is 10.5 Å². The molecule has 1 aliphatic heterocycles.